The summed E-state index contributed by atoms with van der Waals surface area (Å²) in [5.74, 6) is 1.25. The molecule has 1 aliphatic heterocycles. The Kier molecular flexibility index (Phi) is 8.42. The quantitative estimate of drug-likeness (QED) is 0.213. The number of hydrogen-bond donors (Lipinski definition) is 2. The van der Waals surface area contributed by atoms with Gasteiger partial charge in [0.15, 0.2) is 47.3 Å². The van der Waals surface area contributed by atoms with Gasteiger partial charge in [-0.3, -0.25) is 14.2 Å². The normalized spacial score (nSPS) is 20.4. The maximum atomic E-state index is 11.5. The van der Waals surface area contributed by atoms with Crippen LogP contribution in [0.3, 0.4) is 0 Å². The van der Waals surface area contributed by atoms with Gasteiger partial charge >= 0.3 is 0 Å². The second-order valence-electron chi connectivity index (χ2n) is 9.80. The molecule has 0 spiro atoms. The Hall–Kier alpha value is -4.53. The molecule has 41 heavy (non-hydrogen) atoms. The largest absolute Gasteiger partial charge is 0.457 e. The van der Waals surface area contributed by atoms with Crippen LogP contribution in [0.25, 0.3) is 11.2 Å². The lowest BCUT2D eigenvalue weighted by Crippen LogP contribution is -2.34. The Bertz CT molecular complexity index is 1480. The van der Waals surface area contributed by atoms with E-state index in [1.54, 1.807) is 23.9 Å². The lowest BCUT2D eigenvalue weighted by Gasteiger charge is -2.21. The Morgan fingerprint density at radius 1 is 1.10 bits per heavy atom. The van der Waals surface area contributed by atoms with Crippen LogP contribution in [-0.4, -0.2) is 72.0 Å². The van der Waals surface area contributed by atoms with Crippen LogP contribution in [0, 0.1) is 6.92 Å². The summed E-state index contributed by atoms with van der Waals surface area (Å²) in [6.07, 6.45) is 3.79. The van der Waals surface area contributed by atoms with Crippen LogP contribution in [0.2, 0.25) is 0 Å². The maximum Gasteiger partial charge on any atom is 0.293 e. The zero-order valence-corrected chi connectivity index (χ0v) is 23.3. The Balaban J connectivity index is 1.52. The third-order valence-electron chi connectivity index (χ3n) is 6.99. The summed E-state index contributed by atoms with van der Waals surface area (Å²) >= 11 is 0. The number of ether oxygens (including phenoxy) is 3. The first-order chi connectivity index (χ1) is 19.9. The van der Waals surface area contributed by atoms with Crippen LogP contribution in [-0.2, 0) is 37.3 Å². The van der Waals surface area contributed by atoms with Gasteiger partial charge in [0, 0.05) is 38.3 Å². The number of aromatic nitrogens is 7. The summed E-state index contributed by atoms with van der Waals surface area (Å²) in [7, 11) is 1.92. The molecule has 1 aliphatic rings. The molecule has 0 amide bonds. The minimum atomic E-state index is -1.03. The molecule has 2 N–H and O–H groups in total. The molecule has 0 aromatic carbocycles. The predicted octanol–water partition coefficient (Wildman–Crippen LogP) is 2.46. The minimum Gasteiger partial charge on any atom is -0.457 e. The molecule has 4 atom stereocenters. The summed E-state index contributed by atoms with van der Waals surface area (Å²) in [5, 5.41) is 10.7. The van der Waals surface area contributed by atoms with E-state index < -0.39 is 24.5 Å². The van der Waals surface area contributed by atoms with E-state index in [9.17, 15) is 9.59 Å². The predicted molar refractivity (Wildman–Crippen MR) is 145 cm³/mol. The molecular weight excluding hydrogens is 534 g/mol. The van der Waals surface area contributed by atoms with Crippen LogP contribution in [0.15, 0.2) is 29.4 Å². The number of fused-ring (bicyclic) bond motifs is 1. The van der Waals surface area contributed by atoms with Crippen molar-refractivity contribution in [3.05, 3.63) is 42.1 Å². The summed E-state index contributed by atoms with van der Waals surface area (Å²) in [6, 6.07) is 1.83. The van der Waals surface area contributed by atoms with E-state index in [2.05, 4.69) is 39.6 Å². The van der Waals surface area contributed by atoms with Crippen molar-refractivity contribution in [2.75, 3.05) is 17.2 Å². The van der Waals surface area contributed by atoms with Crippen molar-refractivity contribution in [1.29, 1.82) is 0 Å². The van der Waals surface area contributed by atoms with Gasteiger partial charge in [-0.2, -0.15) is 9.97 Å². The van der Waals surface area contributed by atoms with Crippen molar-refractivity contribution < 1.29 is 28.3 Å². The molecule has 5 rings (SSSR count). The molecule has 0 radical (unpaired) electrons. The van der Waals surface area contributed by atoms with Gasteiger partial charge in [-0.15, -0.1) is 0 Å². The van der Waals surface area contributed by atoms with Gasteiger partial charge in [-0.25, -0.2) is 9.97 Å². The number of nitrogens with one attached hydrogen (secondary N) is 2. The van der Waals surface area contributed by atoms with Gasteiger partial charge in [0.25, 0.3) is 12.9 Å². The number of imidazole rings is 2. The number of carbonyl (C=O) groups excluding carboxylic acids is 2. The van der Waals surface area contributed by atoms with Crippen molar-refractivity contribution in [1.82, 2.24) is 34.2 Å². The molecule has 4 aromatic rings. The van der Waals surface area contributed by atoms with Crippen molar-refractivity contribution in [3.63, 3.8) is 0 Å². The van der Waals surface area contributed by atoms with Gasteiger partial charge in [-0.1, -0.05) is 19.0 Å². The van der Waals surface area contributed by atoms with E-state index >= 15 is 0 Å². The summed E-state index contributed by atoms with van der Waals surface area (Å²) in [6.45, 7) is 7.05. The third kappa shape index (κ3) is 5.84. The highest BCUT2D eigenvalue weighted by Crippen LogP contribution is 2.43. The molecule has 218 valence electrons. The van der Waals surface area contributed by atoms with Crippen LogP contribution in [0.5, 0.6) is 0 Å². The summed E-state index contributed by atoms with van der Waals surface area (Å²) < 4.78 is 26.0. The van der Waals surface area contributed by atoms with Crippen LogP contribution in [0.1, 0.15) is 56.2 Å². The molecule has 0 aliphatic carbocycles. The molecule has 1 fully saturated rings. The number of rotatable bonds is 14. The zero-order valence-electron chi connectivity index (χ0n) is 23.3. The van der Waals surface area contributed by atoms with E-state index in [0.717, 1.165) is 18.5 Å². The zero-order chi connectivity index (χ0) is 28.9. The van der Waals surface area contributed by atoms with Gasteiger partial charge < -0.3 is 33.9 Å². The van der Waals surface area contributed by atoms with E-state index in [1.807, 2.05) is 17.8 Å². The molecule has 0 unspecified atom stereocenters. The van der Waals surface area contributed by atoms with E-state index in [4.69, 9.17) is 28.7 Å². The second kappa shape index (κ2) is 12.3. The highest BCUT2D eigenvalue weighted by molar-refractivity contribution is 5.84. The fourth-order valence-corrected chi connectivity index (χ4v) is 4.90. The first-order valence-corrected chi connectivity index (χ1v) is 13.4. The topological polar surface area (TPSA) is 173 Å². The number of nitrogens with zero attached hydrogens (tertiary/aromatic N) is 7. The van der Waals surface area contributed by atoms with Gasteiger partial charge in [0.2, 0.25) is 5.95 Å². The summed E-state index contributed by atoms with van der Waals surface area (Å²) in [4.78, 5) is 41.4. The highest BCUT2D eigenvalue weighted by Gasteiger charge is 2.51. The fraction of sp³-hybridized carbons (Fsp3) is 0.500. The SMILES string of the molecule is CCC(CC)Nc1nc(NCCc2cn(C)cn2)nc2c1ncn2[C@@H]1O[C@H](c2cc(C)no2)[C@H](OC=O)[C@H]1OC=O. The molecular formula is C26H33N9O6. The Labute approximate surface area is 235 Å². The molecule has 15 nitrogen and oxygen atoms in total. The van der Waals surface area contributed by atoms with E-state index in [-0.39, 0.29) is 19.0 Å². The number of anilines is 2. The van der Waals surface area contributed by atoms with E-state index in [0.29, 0.717) is 47.3 Å². The Morgan fingerprint density at radius 3 is 2.54 bits per heavy atom. The number of hydrogen-bond acceptors (Lipinski definition) is 13. The van der Waals surface area contributed by atoms with Crippen LogP contribution in [0.4, 0.5) is 11.8 Å². The van der Waals surface area contributed by atoms with Gasteiger partial charge in [0.1, 0.15) is 0 Å². The smallest absolute Gasteiger partial charge is 0.293 e. The van der Waals surface area contributed by atoms with Crippen LogP contribution < -0.4 is 10.6 Å². The third-order valence-corrected chi connectivity index (χ3v) is 6.99. The average Bonchev–Trinajstić information content (AvgIpc) is 3.75. The molecule has 5 heterocycles. The molecule has 0 bridgehead atoms. The molecule has 15 heteroatoms. The number of carbonyl (C=O) groups is 2. The maximum absolute atomic E-state index is 11.5. The molecule has 0 saturated carbocycles. The minimum absolute atomic E-state index is 0.165. The lowest BCUT2D eigenvalue weighted by molar-refractivity contribution is -0.151. The van der Waals surface area contributed by atoms with Crippen molar-refractivity contribution >= 4 is 35.9 Å². The Morgan fingerprint density at radius 2 is 1.88 bits per heavy atom. The highest BCUT2D eigenvalue weighted by atomic mass is 16.6. The first kappa shape index (κ1) is 28.0. The van der Waals surface area contributed by atoms with Crippen molar-refractivity contribution in [3.8, 4) is 0 Å². The average molecular weight is 568 g/mol. The first-order valence-electron chi connectivity index (χ1n) is 13.4. The monoisotopic (exact) mass is 567 g/mol. The van der Waals surface area contributed by atoms with Gasteiger partial charge in [-0.05, 0) is 19.8 Å². The van der Waals surface area contributed by atoms with Crippen LogP contribution >= 0.6 is 0 Å². The second-order valence-corrected chi connectivity index (χ2v) is 9.80. The summed E-state index contributed by atoms with van der Waals surface area (Å²) in [5.41, 5.74) is 2.48. The van der Waals surface area contributed by atoms with E-state index in [1.165, 1.54) is 6.33 Å². The molecule has 4 aromatic heterocycles. The van der Waals surface area contributed by atoms with Gasteiger partial charge in [0.05, 0.1) is 24.0 Å². The van der Waals surface area contributed by atoms with Crippen molar-refractivity contribution in [2.45, 2.75) is 70.6 Å². The fourth-order valence-electron chi connectivity index (χ4n) is 4.90. The number of aryl methyl sites for hydroxylation is 2. The lowest BCUT2D eigenvalue weighted by atomic mass is 10.1. The van der Waals surface area contributed by atoms with Crippen molar-refractivity contribution in [2.24, 2.45) is 7.05 Å². The molecule has 1 saturated heterocycles. The standard InChI is InChI=1S/C26H33N9O6/c1-5-16(6-2)30-23-19-24(32-26(31-23)27-8-7-17-10-34(4)11-28-17)35(12-29-19)25-22(39-14-37)21(38-13-36)20(40-25)18-9-15(3)33-41-18/h9-14,16,20-22,25H,5-8H2,1-4H3,(H2,27,30,31,32)/t20-,21+,22-,25-/m1/s1.